The first-order valence-corrected chi connectivity index (χ1v) is 31.0. The van der Waals surface area contributed by atoms with Crippen molar-refractivity contribution in [3.63, 3.8) is 0 Å². The number of esters is 3. The molecular formula is C64H118O6. The van der Waals surface area contributed by atoms with E-state index in [4.69, 9.17) is 14.2 Å². The molecule has 0 radical (unpaired) electrons. The van der Waals surface area contributed by atoms with Crippen LogP contribution in [0.15, 0.2) is 36.5 Å². The molecule has 70 heavy (non-hydrogen) atoms. The summed E-state index contributed by atoms with van der Waals surface area (Å²) in [6, 6.07) is 0. The van der Waals surface area contributed by atoms with Crippen LogP contribution in [0.25, 0.3) is 0 Å². The lowest BCUT2D eigenvalue weighted by molar-refractivity contribution is -0.167. The van der Waals surface area contributed by atoms with Gasteiger partial charge in [-0.05, 0) is 77.0 Å². The van der Waals surface area contributed by atoms with Gasteiger partial charge in [0.1, 0.15) is 13.2 Å². The van der Waals surface area contributed by atoms with Gasteiger partial charge in [-0.3, -0.25) is 14.4 Å². The molecule has 410 valence electrons. The van der Waals surface area contributed by atoms with E-state index in [1.54, 1.807) is 0 Å². The molecular weight excluding hydrogens is 865 g/mol. The fraction of sp³-hybridized carbons (Fsp3) is 0.859. The first-order valence-electron chi connectivity index (χ1n) is 31.0. The largest absolute Gasteiger partial charge is 0.462 e. The molecule has 0 aromatic rings. The Kier molecular flexibility index (Phi) is 57.2. The lowest BCUT2D eigenvalue weighted by Gasteiger charge is -2.18. The maximum Gasteiger partial charge on any atom is 0.306 e. The van der Waals surface area contributed by atoms with Crippen LogP contribution in [0.1, 0.15) is 335 Å². The zero-order chi connectivity index (χ0) is 50.7. The highest BCUT2D eigenvalue weighted by molar-refractivity contribution is 5.71. The third-order valence-corrected chi connectivity index (χ3v) is 13.9. The summed E-state index contributed by atoms with van der Waals surface area (Å²) in [5.74, 6) is -0.867. The van der Waals surface area contributed by atoms with E-state index in [1.165, 1.54) is 231 Å². The van der Waals surface area contributed by atoms with E-state index >= 15 is 0 Å². The lowest BCUT2D eigenvalue weighted by atomic mass is 10.0. The smallest absolute Gasteiger partial charge is 0.306 e. The highest BCUT2D eigenvalue weighted by Crippen LogP contribution is 2.17. The van der Waals surface area contributed by atoms with Crippen molar-refractivity contribution >= 4 is 17.9 Å². The minimum atomic E-state index is -0.768. The van der Waals surface area contributed by atoms with Crippen molar-refractivity contribution < 1.29 is 28.6 Å². The fourth-order valence-corrected chi connectivity index (χ4v) is 9.18. The third-order valence-electron chi connectivity index (χ3n) is 13.9. The molecule has 0 fully saturated rings. The molecule has 0 aliphatic rings. The van der Waals surface area contributed by atoms with E-state index < -0.39 is 6.10 Å². The van der Waals surface area contributed by atoms with Gasteiger partial charge in [-0.15, -0.1) is 0 Å². The number of rotatable bonds is 57. The summed E-state index contributed by atoms with van der Waals surface area (Å²) < 4.78 is 16.8. The minimum Gasteiger partial charge on any atom is -0.462 e. The van der Waals surface area contributed by atoms with Crippen molar-refractivity contribution in [3.8, 4) is 0 Å². The fourth-order valence-electron chi connectivity index (χ4n) is 9.18. The predicted molar refractivity (Wildman–Crippen MR) is 302 cm³/mol. The van der Waals surface area contributed by atoms with Gasteiger partial charge in [-0.25, -0.2) is 0 Å². The molecule has 0 amide bonds. The van der Waals surface area contributed by atoms with Crippen molar-refractivity contribution in [1.29, 1.82) is 0 Å². The molecule has 6 heteroatoms. The van der Waals surface area contributed by atoms with Crippen LogP contribution in [0.3, 0.4) is 0 Å². The molecule has 0 aromatic carbocycles. The quantitative estimate of drug-likeness (QED) is 0.0261. The Morgan fingerprint density at radius 2 is 0.514 bits per heavy atom. The summed E-state index contributed by atoms with van der Waals surface area (Å²) in [6.07, 6.45) is 71.9. The molecule has 1 atom stereocenters. The van der Waals surface area contributed by atoms with Crippen LogP contribution >= 0.6 is 0 Å². The zero-order valence-electron chi connectivity index (χ0n) is 47.1. The van der Waals surface area contributed by atoms with Gasteiger partial charge in [0.2, 0.25) is 0 Å². The number of carbonyl (C=O) groups excluding carboxylic acids is 3. The Labute approximate surface area is 435 Å². The summed E-state index contributed by atoms with van der Waals surface area (Å²) in [7, 11) is 0. The van der Waals surface area contributed by atoms with Crippen molar-refractivity contribution in [2.24, 2.45) is 0 Å². The summed E-state index contributed by atoms with van der Waals surface area (Å²) in [5, 5.41) is 0. The number of carbonyl (C=O) groups is 3. The normalized spacial score (nSPS) is 12.2. The van der Waals surface area contributed by atoms with Crippen LogP contribution in [0, 0.1) is 0 Å². The van der Waals surface area contributed by atoms with Gasteiger partial charge in [-0.1, -0.05) is 276 Å². The molecule has 0 heterocycles. The minimum absolute atomic E-state index is 0.0700. The first kappa shape index (κ1) is 67.6. The van der Waals surface area contributed by atoms with Gasteiger partial charge in [0, 0.05) is 19.3 Å². The molecule has 0 saturated heterocycles. The number of hydrogen-bond donors (Lipinski definition) is 0. The van der Waals surface area contributed by atoms with E-state index in [1.807, 2.05) is 0 Å². The van der Waals surface area contributed by atoms with Gasteiger partial charge in [0.05, 0.1) is 0 Å². The highest BCUT2D eigenvalue weighted by Gasteiger charge is 2.19. The maximum atomic E-state index is 12.8. The van der Waals surface area contributed by atoms with Gasteiger partial charge in [0.15, 0.2) is 6.10 Å². The standard InChI is InChI=1S/C64H118O6/c1-4-7-10-13-16-18-20-22-24-26-27-28-29-30-31-32-33-34-35-36-37-39-40-42-44-46-48-51-54-57-63(66)69-60-61(59-68-62(65)56-53-50-15-12-9-6-3)70-64(67)58-55-52-49-47-45-43-41-38-25-23-21-19-17-14-11-8-5-2/h20,22-23,25-27,61H,4-19,21,24,28-60H2,1-3H3/b22-20-,25-23-,27-26-. The van der Waals surface area contributed by atoms with Crippen molar-refractivity contribution in [2.75, 3.05) is 13.2 Å². The average molecular weight is 984 g/mol. The van der Waals surface area contributed by atoms with E-state index in [0.717, 1.165) is 64.2 Å². The van der Waals surface area contributed by atoms with E-state index in [-0.39, 0.29) is 31.1 Å². The Balaban J connectivity index is 4.01. The van der Waals surface area contributed by atoms with Crippen LogP contribution in [-0.4, -0.2) is 37.2 Å². The second-order valence-electron chi connectivity index (χ2n) is 21.0. The summed E-state index contributed by atoms with van der Waals surface area (Å²) in [5.41, 5.74) is 0. The monoisotopic (exact) mass is 983 g/mol. The molecule has 6 nitrogen and oxygen atoms in total. The van der Waals surface area contributed by atoms with Crippen LogP contribution < -0.4 is 0 Å². The molecule has 0 aliphatic carbocycles. The summed E-state index contributed by atoms with van der Waals surface area (Å²) in [4.78, 5) is 37.9. The second-order valence-corrected chi connectivity index (χ2v) is 21.0. The average Bonchev–Trinajstić information content (AvgIpc) is 3.36. The molecule has 1 unspecified atom stereocenters. The molecule has 0 bridgehead atoms. The van der Waals surface area contributed by atoms with Crippen molar-refractivity contribution in [2.45, 2.75) is 341 Å². The highest BCUT2D eigenvalue weighted by atomic mass is 16.6. The molecule has 0 spiro atoms. The topological polar surface area (TPSA) is 78.9 Å². The molecule has 0 aliphatic heterocycles. The van der Waals surface area contributed by atoms with Crippen LogP contribution in [0.2, 0.25) is 0 Å². The Hall–Kier alpha value is -2.37. The number of allylic oxidation sites excluding steroid dienone is 6. The number of hydrogen-bond acceptors (Lipinski definition) is 6. The summed E-state index contributed by atoms with van der Waals surface area (Å²) in [6.45, 7) is 6.60. The van der Waals surface area contributed by atoms with E-state index in [9.17, 15) is 14.4 Å². The number of unbranched alkanes of at least 4 members (excludes halogenated alkanes) is 40. The van der Waals surface area contributed by atoms with Crippen LogP contribution in [0.5, 0.6) is 0 Å². The lowest BCUT2D eigenvalue weighted by Crippen LogP contribution is -2.30. The van der Waals surface area contributed by atoms with E-state index in [2.05, 4.69) is 57.2 Å². The predicted octanol–water partition coefficient (Wildman–Crippen LogP) is 20.8. The number of ether oxygens (including phenoxy) is 3. The molecule has 0 aromatic heterocycles. The SMILES string of the molecule is CCCCCCC/C=C\C/C=C\CCCCCCCCCCCCCCCCCCCC(=O)OCC(COC(=O)CCCCCCCC)OC(=O)CCCCCCCCC/C=C\CCCCCCCC. The second kappa shape index (κ2) is 59.2. The maximum absolute atomic E-state index is 12.8. The first-order chi connectivity index (χ1) is 34.5. The molecule has 0 saturated carbocycles. The van der Waals surface area contributed by atoms with Gasteiger partial charge < -0.3 is 14.2 Å². The van der Waals surface area contributed by atoms with Crippen LogP contribution in [0.4, 0.5) is 0 Å². The summed E-state index contributed by atoms with van der Waals surface area (Å²) >= 11 is 0. The van der Waals surface area contributed by atoms with Gasteiger partial charge in [0.25, 0.3) is 0 Å². The molecule has 0 rings (SSSR count). The van der Waals surface area contributed by atoms with Gasteiger partial charge in [-0.2, -0.15) is 0 Å². The third kappa shape index (κ3) is 56.5. The van der Waals surface area contributed by atoms with Crippen molar-refractivity contribution in [1.82, 2.24) is 0 Å². The van der Waals surface area contributed by atoms with E-state index in [0.29, 0.717) is 19.3 Å². The van der Waals surface area contributed by atoms with Crippen LogP contribution in [-0.2, 0) is 28.6 Å². The Morgan fingerprint density at radius 1 is 0.286 bits per heavy atom. The Bertz CT molecular complexity index is 1170. The van der Waals surface area contributed by atoms with Gasteiger partial charge >= 0.3 is 17.9 Å². The zero-order valence-corrected chi connectivity index (χ0v) is 47.1. The van der Waals surface area contributed by atoms with Crippen molar-refractivity contribution in [3.05, 3.63) is 36.5 Å². The Morgan fingerprint density at radius 3 is 0.800 bits per heavy atom. The molecule has 0 N–H and O–H groups in total.